The van der Waals surface area contributed by atoms with Gasteiger partial charge < -0.3 is 5.32 Å². The average Bonchev–Trinajstić information content (AvgIpc) is 2.39. The van der Waals surface area contributed by atoms with Crippen LogP contribution in [-0.4, -0.2) is 31.9 Å². The average molecular weight is 353 g/mol. The van der Waals surface area contributed by atoms with Crippen LogP contribution in [-0.2, 0) is 16.6 Å². The van der Waals surface area contributed by atoms with E-state index >= 15 is 0 Å². The molecule has 1 aromatic carbocycles. The molecule has 0 bridgehead atoms. The van der Waals surface area contributed by atoms with Gasteiger partial charge in [-0.15, -0.1) is 0 Å². The highest BCUT2D eigenvalue weighted by Crippen LogP contribution is 2.32. The minimum absolute atomic E-state index is 0.0696. The summed E-state index contributed by atoms with van der Waals surface area (Å²) in [5.74, 6) is 0. The van der Waals surface area contributed by atoms with E-state index in [4.69, 9.17) is 23.2 Å². The third kappa shape index (κ3) is 4.33. The number of nitrogens with one attached hydrogen (secondary N) is 1. The molecule has 0 unspecified atom stereocenters. The summed E-state index contributed by atoms with van der Waals surface area (Å²) in [5, 5.41) is 3.73. The monoisotopic (exact) mass is 352 g/mol. The van der Waals surface area contributed by atoms with Crippen LogP contribution in [0.1, 0.15) is 33.3 Å². The van der Waals surface area contributed by atoms with Crippen molar-refractivity contribution in [1.82, 2.24) is 9.62 Å². The van der Waals surface area contributed by atoms with Gasteiger partial charge in [-0.05, 0) is 38.1 Å². The fourth-order valence-corrected chi connectivity index (χ4v) is 4.69. The molecule has 0 radical (unpaired) electrons. The molecule has 0 atom stereocenters. The molecule has 0 aliphatic rings. The van der Waals surface area contributed by atoms with Crippen molar-refractivity contribution in [2.24, 2.45) is 0 Å². The predicted octanol–water partition coefficient (Wildman–Crippen LogP) is 3.52. The van der Waals surface area contributed by atoms with Crippen LogP contribution in [0.3, 0.4) is 0 Å². The Morgan fingerprint density at radius 1 is 1.24 bits per heavy atom. The molecule has 0 saturated carbocycles. The summed E-state index contributed by atoms with van der Waals surface area (Å²) in [7, 11) is -3.66. The Hall–Kier alpha value is -0.330. The summed E-state index contributed by atoms with van der Waals surface area (Å²) in [5.41, 5.74) is 0.685. The highest BCUT2D eigenvalue weighted by molar-refractivity contribution is 7.89. The molecule has 0 spiro atoms. The largest absolute Gasteiger partial charge is 0.313 e. The van der Waals surface area contributed by atoms with E-state index in [0.29, 0.717) is 23.7 Å². The Balaban J connectivity index is 3.38. The van der Waals surface area contributed by atoms with Crippen LogP contribution in [0.15, 0.2) is 17.0 Å². The fraction of sp³-hybridized carbons (Fsp3) is 0.571. The molecule has 1 rings (SSSR count). The molecule has 4 nitrogen and oxygen atoms in total. The van der Waals surface area contributed by atoms with E-state index in [-0.39, 0.29) is 16.0 Å². The first-order valence-electron chi connectivity index (χ1n) is 6.96. The first kappa shape index (κ1) is 18.7. The summed E-state index contributed by atoms with van der Waals surface area (Å²) >= 11 is 12.4. The number of hydrogen-bond donors (Lipinski definition) is 1. The number of sulfonamides is 1. The minimum atomic E-state index is -3.66. The maximum absolute atomic E-state index is 12.8. The molecule has 0 aliphatic heterocycles. The number of benzene rings is 1. The molecule has 7 heteroatoms. The molecule has 0 heterocycles. The van der Waals surface area contributed by atoms with Crippen molar-refractivity contribution in [3.05, 3.63) is 27.7 Å². The van der Waals surface area contributed by atoms with Gasteiger partial charge in [0, 0.05) is 24.2 Å². The number of nitrogens with zero attached hydrogens (tertiary/aromatic N) is 1. The van der Waals surface area contributed by atoms with E-state index in [2.05, 4.69) is 5.32 Å². The number of halogens is 2. The molecule has 0 saturated heterocycles. The van der Waals surface area contributed by atoms with E-state index in [0.717, 1.165) is 6.54 Å². The van der Waals surface area contributed by atoms with Gasteiger partial charge >= 0.3 is 0 Å². The molecular weight excluding hydrogens is 331 g/mol. The quantitative estimate of drug-likeness (QED) is 0.816. The van der Waals surface area contributed by atoms with Gasteiger partial charge in [0.25, 0.3) is 0 Å². The topological polar surface area (TPSA) is 49.4 Å². The van der Waals surface area contributed by atoms with Crippen molar-refractivity contribution in [3.63, 3.8) is 0 Å². The van der Waals surface area contributed by atoms with Gasteiger partial charge in [0.2, 0.25) is 10.0 Å². The maximum atomic E-state index is 12.8. The smallest absolute Gasteiger partial charge is 0.244 e. The Labute approximate surface area is 137 Å². The third-order valence-corrected chi connectivity index (χ3v) is 6.07. The van der Waals surface area contributed by atoms with Crippen LogP contribution in [0.5, 0.6) is 0 Å². The van der Waals surface area contributed by atoms with Crippen molar-refractivity contribution in [1.29, 1.82) is 0 Å². The predicted molar refractivity (Wildman–Crippen MR) is 88.5 cm³/mol. The summed E-state index contributed by atoms with van der Waals surface area (Å²) < 4.78 is 26.9. The Kier molecular flexibility index (Phi) is 6.94. The Morgan fingerprint density at radius 2 is 1.86 bits per heavy atom. The highest BCUT2D eigenvalue weighted by atomic mass is 35.5. The van der Waals surface area contributed by atoms with Gasteiger partial charge in [-0.2, -0.15) is 4.31 Å². The third-order valence-electron chi connectivity index (χ3n) is 3.12. The Morgan fingerprint density at radius 3 is 2.33 bits per heavy atom. The fourth-order valence-electron chi connectivity index (χ4n) is 2.13. The van der Waals surface area contributed by atoms with E-state index in [9.17, 15) is 8.42 Å². The zero-order chi connectivity index (χ0) is 16.2. The van der Waals surface area contributed by atoms with Gasteiger partial charge in [-0.1, -0.05) is 37.0 Å². The lowest BCUT2D eigenvalue weighted by Gasteiger charge is -2.25. The van der Waals surface area contributed by atoms with Gasteiger partial charge in [-0.3, -0.25) is 0 Å². The number of hydrogen-bond acceptors (Lipinski definition) is 3. The molecule has 0 fully saturated rings. The van der Waals surface area contributed by atoms with Crippen molar-refractivity contribution < 1.29 is 8.42 Å². The molecule has 1 N–H and O–H groups in total. The molecule has 0 amide bonds. The lowest BCUT2D eigenvalue weighted by molar-refractivity contribution is 0.369. The van der Waals surface area contributed by atoms with Gasteiger partial charge in [0.05, 0.1) is 5.02 Å². The summed E-state index contributed by atoms with van der Waals surface area (Å²) in [6.45, 7) is 9.05. The zero-order valence-electron chi connectivity index (χ0n) is 12.8. The second-order valence-corrected chi connectivity index (χ2v) is 7.63. The SMILES string of the molecule is CCNCc1cc(Cl)cc(S(=O)(=O)N(CC)C(C)C)c1Cl. The molecule has 0 aliphatic carbocycles. The lowest BCUT2D eigenvalue weighted by atomic mass is 10.2. The molecular formula is C14H22Cl2N2O2S. The number of rotatable bonds is 7. The molecule has 120 valence electrons. The van der Waals surface area contributed by atoms with E-state index < -0.39 is 10.0 Å². The van der Waals surface area contributed by atoms with E-state index in [1.54, 1.807) is 13.0 Å². The van der Waals surface area contributed by atoms with Gasteiger partial charge in [0.15, 0.2) is 0 Å². The van der Waals surface area contributed by atoms with Gasteiger partial charge in [0.1, 0.15) is 4.90 Å². The highest BCUT2D eigenvalue weighted by Gasteiger charge is 2.29. The molecule has 0 aromatic heterocycles. The van der Waals surface area contributed by atoms with Crippen LogP contribution < -0.4 is 5.32 Å². The summed E-state index contributed by atoms with van der Waals surface area (Å²) in [4.78, 5) is 0.0696. The maximum Gasteiger partial charge on any atom is 0.244 e. The van der Waals surface area contributed by atoms with Crippen LogP contribution in [0.4, 0.5) is 0 Å². The van der Waals surface area contributed by atoms with E-state index in [1.165, 1.54) is 10.4 Å². The lowest BCUT2D eigenvalue weighted by Crippen LogP contribution is -2.37. The second-order valence-electron chi connectivity index (χ2n) is 4.96. The first-order chi connectivity index (χ1) is 9.75. The van der Waals surface area contributed by atoms with Crippen LogP contribution in [0.2, 0.25) is 10.0 Å². The normalized spacial score (nSPS) is 12.4. The molecule has 1 aromatic rings. The Bertz CT molecular complexity index is 589. The standard InChI is InChI=1S/C14H22Cl2N2O2S/c1-5-17-9-11-7-12(15)8-13(14(11)16)21(19,20)18(6-2)10(3)4/h7-8,10,17H,5-6,9H2,1-4H3. The second kappa shape index (κ2) is 7.79. The van der Waals surface area contributed by atoms with Crippen molar-refractivity contribution in [3.8, 4) is 0 Å². The molecule has 21 heavy (non-hydrogen) atoms. The van der Waals surface area contributed by atoms with Crippen molar-refractivity contribution >= 4 is 33.2 Å². The van der Waals surface area contributed by atoms with Crippen LogP contribution in [0.25, 0.3) is 0 Å². The minimum Gasteiger partial charge on any atom is -0.313 e. The summed E-state index contributed by atoms with van der Waals surface area (Å²) in [6, 6.07) is 2.96. The van der Waals surface area contributed by atoms with E-state index in [1.807, 2.05) is 20.8 Å². The van der Waals surface area contributed by atoms with Crippen molar-refractivity contribution in [2.75, 3.05) is 13.1 Å². The first-order valence-corrected chi connectivity index (χ1v) is 9.15. The zero-order valence-corrected chi connectivity index (χ0v) is 15.1. The summed E-state index contributed by atoms with van der Waals surface area (Å²) in [6.07, 6.45) is 0. The van der Waals surface area contributed by atoms with Gasteiger partial charge in [-0.25, -0.2) is 8.42 Å². The van der Waals surface area contributed by atoms with Crippen LogP contribution >= 0.6 is 23.2 Å². The van der Waals surface area contributed by atoms with Crippen LogP contribution in [0, 0.1) is 0 Å². The van der Waals surface area contributed by atoms with Crippen molar-refractivity contribution in [2.45, 2.75) is 45.2 Å².